The molecule has 0 spiro atoms. The monoisotopic (exact) mass is 315 g/mol. The topological polar surface area (TPSA) is 76.7 Å². The van der Waals surface area contributed by atoms with E-state index in [9.17, 15) is 9.18 Å². The van der Waals surface area contributed by atoms with E-state index in [1.165, 1.54) is 24.3 Å². The maximum absolute atomic E-state index is 12.8. The molecular formula is C17H18FN3O2. The SMILES string of the molecule is Cc1cc(C)cc(NC(=O)CO/N=C(\N)c2ccc(F)cc2)c1. The van der Waals surface area contributed by atoms with Crippen LogP contribution in [-0.2, 0) is 9.63 Å². The molecule has 0 saturated heterocycles. The van der Waals surface area contributed by atoms with Crippen molar-refractivity contribution in [2.45, 2.75) is 13.8 Å². The number of nitrogens with two attached hydrogens (primary N) is 1. The predicted molar refractivity (Wildman–Crippen MR) is 87.6 cm³/mol. The average molecular weight is 315 g/mol. The van der Waals surface area contributed by atoms with Gasteiger partial charge >= 0.3 is 0 Å². The van der Waals surface area contributed by atoms with Gasteiger partial charge < -0.3 is 15.9 Å². The van der Waals surface area contributed by atoms with Crippen molar-refractivity contribution < 1.29 is 14.0 Å². The summed E-state index contributed by atoms with van der Waals surface area (Å²) >= 11 is 0. The number of amides is 1. The number of hydrogen-bond acceptors (Lipinski definition) is 3. The summed E-state index contributed by atoms with van der Waals surface area (Å²) in [6, 6.07) is 11.2. The van der Waals surface area contributed by atoms with Crippen LogP contribution in [0.2, 0.25) is 0 Å². The molecule has 0 radical (unpaired) electrons. The molecule has 6 heteroatoms. The maximum Gasteiger partial charge on any atom is 0.265 e. The van der Waals surface area contributed by atoms with Crippen molar-refractivity contribution in [2.75, 3.05) is 11.9 Å². The van der Waals surface area contributed by atoms with Gasteiger partial charge in [0.25, 0.3) is 5.91 Å². The first kappa shape index (κ1) is 16.5. The molecule has 0 aromatic heterocycles. The third-order valence-electron chi connectivity index (χ3n) is 3.00. The van der Waals surface area contributed by atoms with Gasteiger partial charge in [0.2, 0.25) is 0 Å². The van der Waals surface area contributed by atoms with Gasteiger partial charge in [-0.2, -0.15) is 0 Å². The Balaban J connectivity index is 1.88. The van der Waals surface area contributed by atoms with Gasteiger partial charge in [0.15, 0.2) is 12.4 Å². The Labute approximate surface area is 133 Å². The van der Waals surface area contributed by atoms with Crippen molar-refractivity contribution in [2.24, 2.45) is 10.9 Å². The van der Waals surface area contributed by atoms with Crippen molar-refractivity contribution in [3.63, 3.8) is 0 Å². The van der Waals surface area contributed by atoms with Gasteiger partial charge in [-0.25, -0.2) is 4.39 Å². The molecule has 3 N–H and O–H groups in total. The fourth-order valence-corrected chi connectivity index (χ4v) is 2.08. The molecule has 1 amide bonds. The van der Waals surface area contributed by atoms with Gasteiger partial charge in [-0.15, -0.1) is 0 Å². The number of aryl methyl sites for hydroxylation is 2. The zero-order valence-corrected chi connectivity index (χ0v) is 13.0. The highest BCUT2D eigenvalue weighted by atomic mass is 19.1. The summed E-state index contributed by atoms with van der Waals surface area (Å²) in [5.41, 5.74) is 9.02. The number of anilines is 1. The lowest BCUT2D eigenvalue weighted by Gasteiger charge is -2.07. The number of nitrogens with zero attached hydrogens (tertiary/aromatic N) is 1. The molecule has 2 aromatic rings. The Kier molecular flexibility index (Phi) is 5.30. The third kappa shape index (κ3) is 5.10. The number of amidine groups is 1. The Hall–Kier alpha value is -2.89. The first-order valence-corrected chi connectivity index (χ1v) is 7.03. The third-order valence-corrected chi connectivity index (χ3v) is 3.00. The second kappa shape index (κ2) is 7.40. The Morgan fingerprint density at radius 1 is 1.17 bits per heavy atom. The van der Waals surface area contributed by atoms with E-state index in [-0.39, 0.29) is 24.2 Å². The molecule has 120 valence electrons. The van der Waals surface area contributed by atoms with Crippen LogP contribution in [0.1, 0.15) is 16.7 Å². The summed E-state index contributed by atoms with van der Waals surface area (Å²) in [6.45, 7) is 3.63. The van der Waals surface area contributed by atoms with E-state index in [1.807, 2.05) is 32.0 Å². The second-order valence-electron chi connectivity index (χ2n) is 5.18. The minimum atomic E-state index is -0.365. The molecule has 0 unspecified atom stereocenters. The normalized spacial score (nSPS) is 11.2. The Morgan fingerprint density at radius 3 is 2.39 bits per heavy atom. The summed E-state index contributed by atoms with van der Waals surface area (Å²) < 4.78 is 12.8. The largest absolute Gasteiger partial charge is 0.384 e. The lowest BCUT2D eigenvalue weighted by Crippen LogP contribution is -2.19. The van der Waals surface area contributed by atoms with Crippen LogP contribution in [0.3, 0.4) is 0 Å². The Morgan fingerprint density at radius 2 is 1.78 bits per heavy atom. The second-order valence-corrected chi connectivity index (χ2v) is 5.18. The fourth-order valence-electron chi connectivity index (χ4n) is 2.08. The van der Waals surface area contributed by atoms with Crippen LogP contribution in [0, 0.1) is 19.7 Å². The smallest absolute Gasteiger partial charge is 0.265 e. The highest BCUT2D eigenvalue weighted by Gasteiger charge is 2.05. The van der Waals surface area contributed by atoms with Gasteiger partial charge in [-0.3, -0.25) is 4.79 Å². The van der Waals surface area contributed by atoms with Crippen LogP contribution in [0.15, 0.2) is 47.6 Å². The highest BCUT2D eigenvalue weighted by molar-refractivity contribution is 5.97. The van der Waals surface area contributed by atoms with Crippen molar-refractivity contribution >= 4 is 17.4 Å². The molecule has 0 aliphatic heterocycles. The van der Waals surface area contributed by atoms with E-state index >= 15 is 0 Å². The molecule has 2 aromatic carbocycles. The van der Waals surface area contributed by atoms with E-state index < -0.39 is 0 Å². The minimum absolute atomic E-state index is 0.0733. The summed E-state index contributed by atoms with van der Waals surface area (Å²) in [5, 5.41) is 6.37. The molecule has 0 heterocycles. The van der Waals surface area contributed by atoms with Crippen molar-refractivity contribution in [3.05, 3.63) is 65.0 Å². The zero-order valence-electron chi connectivity index (χ0n) is 13.0. The van der Waals surface area contributed by atoms with Gasteiger partial charge in [-0.05, 0) is 61.4 Å². The maximum atomic E-state index is 12.8. The summed E-state index contributed by atoms with van der Waals surface area (Å²) in [4.78, 5) is 16.7. The van der Waals surface area contributed by atoms with Gasteiger partial charge in [-0.1, -0.05) is 11.2 Å². The van der Waals surface area contributed by atoms with E-state index in [4.69, 9.17) is 10.6 Å². The van der Waals surface area contributed by atoms with Crippen LogP contribution >= 0.6 is 0 Å². The lowest BCUT2D eigenvalue weighted by atomic mass is 10.1. The predicted octanol–water partition coefficient (Wildman–Crippen LogP) is 2.72. The van der Waals surface area contributed by atoms with Crippen molar-refractivity contribution in [1.29, 1.82) is 0 Å². The van der Waals surface area contributed by atoms with Gasteiger partial charge in [0, 0.05) is 11.3 Å². The van der Waals surface area contributed by atoms with E-state index in [0.29, 0.717) is 11.3 Å². The van der Waals surface area contributed by atoms with Crippen LogP contribution in [0.4, 0.5) is 10.1 Å². The number of carbonyl (C=O) groups excluding carboxylic acids is 1. The van der Waals surface area contributed by atoms with E-state index in [2.05, 4.69) is 10.5 Å². The summed E-state index contributed by atoms with van der Waals surface area (Å²) in [6.07, 6.45) is 0. The molecular weight excluding hydrogens is 297 g/mol. The first-order chi connectivity index (χ1) is 10.9. The first-order valence-electron chi connectivity index (χ1n) is 7.03. The van der Waals surface area contributed by atoms with Crippen molar-refractivity contribution in [1.82, 2.24) is 0 Å². The molecule has 0 saturated carbocycles. The molecule has 2 rings (SSSR count). The quantitative estimate of drug-likeness (QED) is 0.506. The van der Waals surface area contributed by atoms with E-state index in [1.54, 1.807) is 0 Å². The minimum Gasteiger partial charge on any atom is -0.384 e. The number of carbonyl (C=O) groups is 1. The molecule has 5 nitrogen and oxygen atoms in total. The molecule has 0 bridgehead atoms. The lowest BCUT2D eigenvalue weighted by molar-refractivity contribution is -0.120. The highest BCUT2D eigenvalue weighted by Crippen LogP contribution is 2.13. The molecule has 23 heavy (non-hydrogen) atoms. The molecule has 0 aliphatic carbocycles. The fraction of sp³-hybridized carbons (Fsp3) is 0.176. The Bertz CT molecular complexity index is 707. The van der Waals surface area contributed by atoms with Gasteiger partial charge in [0.1, 0.15) is 5.82 Å². The summed E-state index contributed by atoms with van der Waals surface area (Å²) in [5.74, 6) is -0.634. The standard InChI is InChI=1S/C17H18FN3O2/c1-11-7-12(2)9-15(8-11)20-16(22)10-23-21-17(19)13-3-5-14(18)6-4-13/h3-9H,10H2,1-2H3,(H2,19,21)(H,20,22). The molecule has 0 aliphatic rings. The summed E-state index contributed by atoms with van der Waals surface area (Å²) in [7, 11) is 0. The number of hydrogen-bond donors (Lipinski definition) is 2. The van der Waals surface area contributed by atoms with Gasteiger partial charge in [0.05, 0.1) is 0 Å². The molecule has 0 fully saturated rings. The van der Waals surface area contributed by atoms with Crippen LogP contribution in [0.25, 0.3) is 0 Å². The van der Waals surface area contributed by atoms with Crippen LogP contribution < -0.4 is 11.1 Å². The van der Waals surface area contributed by atoms with Crippen LogP contribution in [0.5, 0.6) is 0 Å². The number of benzene rings is 2. The molecule has 0 atom stereocenters. The average Bonchev–Trinajstić information content (AvgIpc) is 2.46. The number of halogens is 1. The van der Waals surface area contributed by atoms with Crippen LogP contribution in [-0.4, -0.2) is 18.3 Å². The van der Waals surface area contributed by atoms with E-state index in [0.717, 1.165) is 11.1 Å². The number of nitrogens with one attached hydrogen (secondary N) is 1. The zero-order chi connectivity index (χ0) is 16.8. The van der Waals surface area contributed by atoms with Crippen molar-refractivity contribution in [3.8, 4) is 0 Å². The number of rotatable bonds is 5. The number of oxime groups is 1.